The maximum atomic E-state index is 11.8. The van der Waals surface area contributed by atoms with Crippen molar-refractivity contribution in [3.05, 3.63) is 34.4 Å². The smallest absolute Gasteiger partial charge is 0.293 e. The highest BCUT2D eigenvalue weighted by molar-refractivity contribution is 8.25. The molecule has 1 fully saturated rings. The second kappa shape index (κ2) is 5.97. The SMILES string of the molecule is O=C(Nc1cccc([N+](=O)[O-])c1)C(=O)[C@@H]1SC(=S)NC1=O. The molecule has 1 aromatic carbocycles. The molecule has 1 aliphatic heterocycles. The third-order valence-corrected chi connectivity index (χ3v) is 3.84. The molecule has 0 bridgehead atoms. The molecule has 0 aliphatic carbocycles. The Hall–Kier alpha value is -2.33. The highest BCUT2D eigenvalue weighted by Gasteiger charge is 2.38. The van der Waals surface area contributed by atoms with Gasteiger partial charge in [-0.3, -0.25) is 24.5 Å². The summed E-state index contributed by atoms with van der Waals surface area (Å²) in [5, 5.41) is 13.9. The summed E-state index contributed by atoms with van der Waals surface area (Å²) in [6, 6.07) is 5.11. The fraction of sp³-hybridized carbons (Fsp3) is 0.0909. The number of ketones is 1. The summed E-state index contributed by atoms with van der Waals surface area (Å²) >= 11 is 5.51. The topological polar surface area (TPSA) is 118 Å². The van der Waals surface area contributed by atoms with Gasteiger partial charge in [-0.15, -0.1) is 0 Å². The van der Waals surface area contributed by atoms with Gasteiger partial charge < -0.3 is 10.6 Å². The lowest BCUT2D eigenvalue weighted by Gasteiger charge is -2.06. The Morgan fingerprint density at radius 3 is 2.71 bits per heavy atom. The average molecular weight is 325 g/mol. The van der Waals surface area contributed by atoms with Gasteiger partial charge in [0.15, 0.2) is 5.25 Å². The zero-order valence-electron chi connectivity index (χ0n) is 10.2. The van der Waals surface area contributed by atoms with Crippen molar-refractivity contribution in [3.63, 3.8) is 0 Å². The number of Topliss-reactive ketones (excluding diaryl/α,β-unsaturated/α-hetero) is 1. The molecule has 0 aromatic heterocycles. The van der Waals surface area contributed by atoms with Crippen molar-refractivity contribution in [2.24, 2.45) is 0 Å². The van der Waals surface area contributed by atoms with Gasteiger partial charge in [-0.25, -0.2) is 0 Å². The molecule has 1 atom stereocenters. The Kier molecular flexibility index (Phi) is 4.29. The number of hydrogen-bond acceptors (Lipinski definition) is 7. The molecule has 21 heavy (non-hydrogen) atoms. The Labute approximate surface area is 127 Å². The van der Waals surface area contributed by atoms with E-state index < -0.39 is 27.8 Å². The number of nitro benzene ring substituents is 1. The quantitative estimate of drug-likeness (QED) is 0.274. The third-order valence-electron chi connectivity index (χ3n) is 2.47. The maximum Gasteiger partial charge on any atom is 0.293 e. The number of anilines is 1. The van der Waals surface area contributed by atoms with Crippen LogP contribution in [0.25, 0.3) is 0 Å². The summed E-state index contributed by atoms with van der Waals surface area (Å²) in [5.74, 6) is -2.65. The summed E-state index contributed by atoms with van der Waals surface area (Å²) in [5.41, 5.74) is -0.136. The maximum absolute atomic E-state index is 11.8. The average Bonchev–Trinajstić information content (AvgIpc) is 2.77. The van der Waals surface area contributed by atoms with Crippen LogP contribution < -0.4 is 10.6 Å². The van der Waals surface area contributed by atoms with Crippen molar-refractivity contribution in [3.8, 4) is 0 Å². The number of non-ortho nitro benzene ring substituents is 1. The van der Waals surface area contributed by atoms with Crippen molar-refractivity contribution < 1.29 is 19.3 Å². The second-order valence-corrected chi connectivity index (χ2v) is 5.68. The second-order valence-electron chi connectivity index (χ2n) is 3.90. The molecule has 0 unspecified atom stereocenters. The number of rotatable bonds is 4. The van der Waals surface area contributed by atoms with Crippen LogP contribution in [0, 0.1) is 10.1 Å². The van der Waals surface area contributed by atoms with E-state index in [0.717, 1.165) is 17.8 Å². The number of nitrogens with one attached hydrogen (secondary N) is 2. The zero-order chi connectivity index (χ0) is 15.6. The first-order chi connectivity index (χ1) is 9.88. The largest absolute Gasteiger partial charge is 0.319 e. The normalized spacial score (nSPS) is 17.2. The van der Waals surface area contributed by atoms with Crippen LogP contribution in [0.1, 0.15) is 0 Å². The van der Waals surface area contributed by atoms with Crippen LogP contribution in [0.2, 0.25) is 0 Å². The number of nitrogens with zero attached hydrogens (tertiary/aromatic N) is 1. The Bertz CT molecular complexity index is 676. The minimum Gasteiger partial charge on any atom is -0.319 e. The minimum absolute atomic E-state index is 0.0912. The van der Waals surface area contributed by atoms with Gasteiger partial charge in [0.1, 0.15) is 4.32 Å². The van der Waals surface area contributed by atoms with Crippen molar-refractivity contribution in [2.75, 3.05) is 5.32 Å². The number of carbonyl (C=O) groups is 3. The van der Waals surface area contributed by atoms with Gasteiger partial charge in [0.05, 0.1) is 4.92 Å². The molecule has 1 aliphatic rings. The number of thioether (sulfide) groups is 1. The fourth-order valence-electron chi connectivity index (χ4n) is 1.54. The zero-order valence-corrected chi connectivity index (χ0v) is 11.8. The van der Waals surface area contributed by atoms with E-state index in [1.54, 1.807) is 0 Å². The summed E-state index contributed by atoms with van der Waals surface area (Å²) in [7, 11) is 0. The van der Waals surface area contributed by atoms with Gasteiger partial charge in [0.25, 0.3) is 11.6 Å². The fourth-order valence-corrected chi connectivity index (χ4v) is 2.68. The van der Waals surface area contributed by atoms with Gasteiger partial charge in [0, 0.05) is 17.8 Å². The minimum atomic E-state index is -1.23. The summed E-state index contributed by atoms with van der Waals surface area (Å²) in [4.78, 5) is 45.0. The van der Waals surface area contributed by atoms with E-state index >= 15 is 0 Å². The van der Waals surface area contributed by atoms with E-state index in [4.69, 9.17) is 12.2 Å². The molecule has 2 rings (SSSR count). The van der Waals surface area contributed by atoms with E-state index in [1.165, 1.54) is 18.2 Å². The van der Waals surface area contributed by atoms with Crippen LogP contribution >= 0.6 is 24.0 Å². The van der Waals surface area contributed by atoms with Crippen molar-refractivity contribution in [1.82, 2.24) is 5.32 Å². The predicted octanol–water partition coefficient (Wildman–Crippen LogP) is 0.619. The number of thiocarbonyl (C=S) groups is 1. The van der Waals surface area contributed by atoms with Gasteiger partial charge in [0.2, 0.25) is 11.7 Å². The lowest BCUT2D eigenvalue weighted by molar-refractivity contribution is -0.384. The van der Waals surface area contributed by atoms with E-state index in [-0.39, 0.29) is 15.7 Å². The van der Waals surface area contributed by atoms with Crippen LogP contribution in [0.5, 0.6) is 0 Å². The number of hydrogen-bond donors (Lipinski definition) is 2. The molecule has 2 amide bonds. The van der Waals surface area contributed by atoms with Crippen LogP contribution in [0.15, 0.2) is 24.3 Å². The molecular formula is C11H7N3O5S2. The number of nitro groups is 1. The number of amides is 2. The molecule has 1 saturated heterocycles. The van der Waals surface area contributed by atoms with Crippen molar-refractivity contribution >= 4 is 57.3 Å². The first-order valence-corrected chi connectivity index (χ1v) is 6.78. The van der Waals surface area contributed by atoms with E-state index in [2.05, 4.69) is 10.6 Å². The Morgan fingerprint density at radius 2 is 2.14 bits per heavy atom. The highest BCUT2D eigenvalue weighted by atomic mass is 32.2. The van der Waals surface area contributed by atoms with Crippen LogP contribution in [-0.2, 0) is 14.4 Å². The van der Waals surface area contributed by atoms with Crippen molar-refractivity contribution in [2.45, 2.75) is 5.25 Å². The lowest BCUT2D eigenvalue weighted by Crippen LogP contribution is -2.37. The van der Waals surface area contributed by atoms with Crippen LogP contribution in [0.3, 0.4) is 0 Å². The molecule has 1 heterocycles. The van der Waals surface area contributed by atoms with Crippen molar-refractivity contribution in [1.29, 1.82) is 0 Å². The molecule has 10 heteroatoms. The molecule has 1 aromatic rings. The number of benzene rings is 1. The monoisotopic (exact) mass is 325 g/mol. The van der Waals surface area contributed by atoms with Gasteiger partial charge in [-0.1, -0.05) is 30.0 Å². The standard InChI is InChI=1S/C11H7N3O5S2/c15-7(8-10(17)13-11(20)21-8)9(16)12-5-2-1-3-6(4-5)14(18)19/h1-4,8H,(H,12,16)(H,13,17,20)/t8-/m0/s1. The summed E-state index contributed by atoms with van der Waals surface area (Å²) in [6.45, 7) is 0. The molecule has 2 N–H and O–H groups in total. The molecule has 0 spiro atoms. The molecule has 8 nitrogen and oxygen atoms in total. The third kappa shape index (κ3) is 3.41. The van der Waals surface area contributed by atoms with Crippen LogP contribution in [0.4, 0.5) is 11.4 Å². The summed E-state index contributed by atoms with van der Waals surface area (Å²) < 4.78 is 0.126. The highest BCUT2D eigenvalue weighted by Crippen LogP contribution is 2.21. The van der Waals surface area contributed by atoms with Crippen LogP contribution in [-0.4, -0.2) is 32.1 Å². The Morgan fingerprint density at radius 1 is 1.43 bits per heavy atom. The molecule has 0 radical (unpaired) electrons. The molecule has 0 saturated carbocycles. The number of carbonyl (C=O) groups excluding carboxylic acids is 3. The van der Waals surface area contributed by atoms with Gasteiger partial charge >= 0.3 is 0 Å². The van der Waals surface area contributed by atoms with Gasteiger partial charge in [-0.05, 0) is 6.07 Å². The van der Waals surface area contributed by atoms with E-state index in [0.29, 0.717) is 0 Å². The summed E-state index contributed by atoms with van der Waals surface area (Å²) in [6.07, 6.45) is 0. The Balaban J connectivity index is 2.09. The molecule has 108 valence electrons. The lowest BCUT2D eigenvalue weighted by atomic mass is 10.2. The first-order valence-electron chi connectivity index (χ1n) is 5.49. The van der Waals surface area contributed by atoms with E-state index in [9.17, 15) is 24.5 Å². The van der Waals surface area contributed by atoms with Gasteiger partial charge in [-0.2, -0.15) is 0 Å². The molecular weight excluding hydrogens is 318 g/mol. The first kappa shape index (κ1) is 15.1. The predicted molar refractivity (Wildman–Crippen MR) is 78.9 cm³/mol. The van der Waals surface area contributed by atoms with E-state index in [1.807, 2.05) is 0 Å².